The van der Waals surface area contributed by atoms with Crippen LogP contribution in [0.3, 0.4) is 0 Å². The van der Waals surface area contributed by atoms with Crippen molar-refractivity contribution in [2.45, 2.75) is 55.5 Å². The first-order valence-electron chi connectivity index (χ1n) is 5.67. The minimum atomic E-state index is -6.04. The van der Waals surface area contributed by atoms with Gasteiger partial charge in [0.25, 0.3) is 12.1 Å². The highest BCUT2D eigenvalue weighted by molar-refractivity contribution is 5.03. The Hall–Kier alpha value is -0.740. The molecule has 0 aromatic carbocycles. The summed E-state index contributed by atoms with van der Waals surface area (Å²) in [7, 11) is 0. The van der Waals surface area contributed by atoms with Crippen molar-refractivity contribution < 1.29 is 48.6 Å². The molecule has 1 aliphatic carbocycles. The zero-order valence-electron chi connectivity index (χ0n) is 10.2. The van der Waals surface area contributed by atoms with Crippen LogP contribution in [-0.2, 0) is 4.74 Å². The van der Waals surface area contributed by atoms with Gasteiger partial charge in [-0.15, -0.1) is 0 Å². The highest BCUT2D eigenvalue weighted by atomic mass is 19.4. The van der Waals surface area contributed by atoms with Crippen LogP contribution in [-0.4, -0.2) is 42.8 Å². The highest BCUT2D eigenvalue weighted by Crippen LogP contribution is 2.47. The zero-order chi connectivity index (χ0) is 16.7. The molecule has 0 radical (unpaired) electrons. The minimum absolute atomic E-state index is 0.440. The molecule has 1 rings (SSSR count). The lowest BCUT2D eigenvalue weighted by molar-refractivity contribution is -0.352. The van der Waals surface area contributed by atoms with E-state index in [0.717, 1.165) is 0 Å². The second kappa shape index (κ2) is 5.47. The van der Waals surface area contributed by atoms with Gasteiger partial charge in [0.1, 0.15) is 6.17 Å². The molecule has 1 aliphatic rings. The SMILES string of the molecule is FC(C(F)(F)F)C(F)(F)OCC1(F)C(F)CCCC1(F)F. The minimum Gasteiger partial charge on any atom is -0.314 e. The van der Waals surface area contributed by atoms with Crippen LogP contribution in [0, 0.1) is 0 Å². The predicted octanol–water partition coefficient (Wildman–Crippen LogP) is 4.36. The lowest BCUT2D eigenvalue weighted by Gasteiger charge is -2.40. The third-order valence-corrected chi connectivity index (χ3v) is 3.11. The molecular weight excluding hydrogens is 326 g/mol. The summed E-state index contributed by atoms with van der Waals surface area (Å²) in [6.45, 7) is -2.40. The Bertz CT molecular complexity index is 367. The van der Waals surface area contributed by atoms with Gasteiger partial charge in [-0.05, 0) is 12.8 Å². The highest BCUT2D eigenvalue weighted by Gasteiger charge is 2.65. The fourth-order valence-electron chi connectivity index (χ4n) is 1.83. The maximum Gasteiger partial charge on any atom is 0.428 e. The lowest BCUT2D eigenvalue weighted by atomic mass is 9.81. The Labute approximate surface area is 112 Å². The molecule has 1 saturated carbocycles. The number of ether oxygens (including phenoxy) is 1. The smallest absolute Gasteiger partial charge is 0.314 e. The number of rotatable bonds is 4. The van der Waals surface area contributed by atoms with E-state index in [1.165, 1.54) is 0 Å². The van der Waals surface area contributed by atoms with E-state index in [0.29, 0.717) is 0 Å². The molecule has 1 fully saturated rings. The van der Waals surface area contributed by atoms with E-state index in [-0.39, 0.29) is 0 Å². The number of hydrogen-bond donors (Lipinski definition) is 0. The Kier molecular flexibility index (Phi) is 4.77. The molecule has 0 aliphatic heterocycles. The van der Waals surface area contributed by atoms with Crippen LogP contribution in [0.1, 0.15) is 19.3 Å². The van der Waals surface area contributed by atoms with Crippen molar-refractivity contribution in [2.24, 2.45) is 0 Å². The van der Waals surface area contributed by atoms with Crippen LogP contribution in [0.5, 0.6) is 0 Å². The summed E-state index contributed by atoms with van der Waals surface area (Å²) in [6, 6.07) is 0. The predicted molar refractivity (Wildman–Crippen MR) is 49.4 cm³/mol. The molecule has 0 aromatic heterocycles. The van der Waals surface area contributed by atoms with E-state index in [2.05, 4.69) is 4.74 Å². The van der Waals surface area contributed by atoms with E-state index in [4.69, 9.17) is 0 Å². The Morgan fingerprint density at radius 2 is 1.62 bits per heavy atom. The average Bonchev–Trinajstić information content (AvgIpc) is 2.31. The maximum absolute atomic E-state index is 13.8. The Morgan fingerprint density at radius 3 is 2.05 bits per heavy atom. The van der Waals surface area contributed by atoms with Crippen molar-refractivity contribution >= 4 is 0 Å². The quantitative estimate of drug-likeness (QED) is 0.693. The van der Waals surface area contributed by atoms with Gasteiger partial charge in [0.2, 0.25) is 5.67 Å². The zero-order valence-corrected chi connectivity index (χ0v) is 10.2. The number of halogens is 10. The Balaban J connectivity index is 2.85. The van der Waals surface area contributed by atoms with E-state index in [9.17, 15) is 43.9 Å². The summed E-state index contributed by atoms with van der Waals surface area (Å²) >= 11 is 0. The van der Waals surface area contributed by atoms with Gasteiger partial charge in [0, 0.05) is 6.42 Å². The largest absolute Gasteiger partial charge is 0.428 e. The monoisotopic (exact) mass is 336 g/mol. The van der Waals surface area contributed by atoms with Crippen LogP contribution in [0.2, 0.25) is 0 Å². The molecule has 0 aromatic rings. The third-order valence-electron chi connectivity index (χ3n) is 3.11. The van der Waals surface area contributed by atoms with Gasteiger partial charge in [-0.2, -0.15) is 22.0 Å². The van der Waals surface area contributed by atoms with Gasteiger partial charge in [0.15, 0.2) is 0 Å². The first-order valence-corrected chi connectivity index (χ1v) is 5.67. The summed E-state index contributed by atoms with van der Waals surface area (Å²) < 4.78 is 130. The lowest BCUT2D eigenvalue weighted by Crippen LogP contribution is -2.59. The first-order chi connectivity index (χ1) is 9.24. The summed E-state index contributed by atoms with van der Waals surface area (Å²) in [4.78, 5) is 0. The fourth-order valence-corrected chi connectivity index (χ4v) is 1.83. The van der Waals surface area contributed by atoms with Crippen molar-refractivity contribution in [1.82, 2.24) is 0 Å². The topological polar surface area (TPSA) is 9.23 Å². The molecular formula is C10H10F10O. The average molecular weight is 336 g/mol. The first kappa shape index (κ1) is 18.3. The molecule has 126 valence electrons. The second-order valence-corrected chi connectivity index (χ2v) is 4.68. The van der Waals surface area contributed by atoms with Gasteiger partial charge < -0.3 is 4.74 Å². The van der Waals surface area contributed by atoms with Gasteiger partial charge >= 0.3 is 12.3 Å². The van der Waals surface area contributed by atoms with E-state index in [1.54, 1.807) is 0 Å². The normalized spacial score (nSPS) is 32.0. The standard InChI is InChI=1S/C10H10F10O/c11-5-2-1-3-8(14,15)7(5,13)4-21-10(19,20)6(12)9(16,17)18/h5-6H,1-4H2. The van der Waals surface area contributed by atoms with Crippen LogP contribution >= 0.6 is 0 Å². The molecule has 0 heterocycles. The molecule has 0 bridgehead atoms. The van der Waals surface area contributed by atoms with E-state index >= 15 is 0 Å². The molecule has 0 N–H and O–H groups in total. The van der Waals surface area contributed by atoms with E-state index < -0.39 is 62.1 Å². The molecule has 1 nitrogen and oxygen atoms in total. The van der Waals surface area contributed by atoms with Gasteiger partial charge in [-0.3, -0.25) is 0 Å². The van der Waals surface area contributed by atoms with Crippen molar-refractivity contribution in [3.63, 3.8) is 0 Å². The van der Waals surface area contributed by atoms with Crippen molar-refractivity contribution in [3.05, 3.63) is 0 Å². The second-order valence-electron chi connectivity index (χ2n) is 4.68. The van der Waals surface area contributed by atoms with Crippen molar-refractivity contribution in [2.75, 3.05) is 6.61 Å². The summed E-state index contributed by atoms with van der Waals surface area (Å²) in [5, 5.41) is 0. The molecule has 11 heteroatoms. The fraction of sp³-hybridized carbons (Fsp3) is 1.00. The molecule has 0 saturated heterocycles. The van der Waals surface area contributed by atoms with Crippen LogP contribution in [0.4, 0.5) is 43.9 Å². The summed E-state index contributed by atoms with van der Waals surface area (Å²) in [6.07, 6.45) is -21.8. The van der Waals surface area contributed by atoms with Crippen LogP contribution in [0.15, 0.2) is 0 Å². The molecule has 3 unspecified atom stereocenters. The van der Waals surface area contributed by atoms with Crippen LogP contribution < -0.4 is 0 Å². The van der Waals surface area contributed by atoms with Crippen molar-refractivity contribution in [3.8, 4) is 0 Å². The number of alkyl halides is 10. The third kappa shape index (κ3) is 3.54. The Morgan fingerprint density at radius 1 is 1.10 bits per heavy atom. The van der Waals surface area contributed by atoms with E-state index in [1.807, 2.05) is 0 Å². The maximum atomic E-state index is 13.8. The van der Waals surface area contributed by atoms with Gasteiger partial charge in [0.05, 0.1) is 6.61 Å². The molecule has 21 heavy (non-hydrogen) atoms. The van der Waals surface area contributed by atoms with Gasteiger partial charge in [-0.1, -0.05) is 0 Å². The molecule has 0 spiro atoms. The van der Waals surface area contributed by atoms with Gasteiger partial charge in [-0.25, -0.2) is 22.0 Å². The van der Waals surface area contributed by atoms with Crippen LogP contribution in [0.25, 0.3) is 0 Å². The summed E-state index contributed by atoms with van der Waals surface area (Å²) in [5.74, 6) is -4.41. The molecule has 0 amide bonds. The summed E-state index contributed by atoms with van der Waals surface area (Å²) in [5.41, 5.74) is -4.24. The number of hydrogen-bond acceptors (Lipinski definition) is 1. The molecule has 3 atom stereocenters. The van der Waals surface area contributed by atoms with Crippen molar-refractivity contribution in [1.29, 1.82) is 0 Å².